The van der Waals surface area contributed by atoms with Crippen molar-refractivity contribution in [2.24, 2.45) is 0 Å². The Bertz CT molecular complexity index is 168. The summed E-state index contributed by atoms with van der Waals surface area (Å²) in [4.78, 5) is 13.8. The van der Waals surface area contributed by atoms with Gasteiger partial charge in [0, 0.05) is 39.7 Å². The van der Waals surface area contributed by atoms with Gasteiger partial charge in [-0.1, -0.05) is 13.8 Å². The van der Waals surface area contributed by atoms with Gasteiger partial charge in [0.15, 0.2) is 0 Å². The fourth-order valence-electron chi connectivity index (χ4n) is 1.55. The highest BCUT2D eigenvalue weighted by Crippen LogP contribution is 1.97. The molecule has 0 aliphatic rings. The summed E-state index contributed by atoms with van der Waals surface area (Å²) < 4.78 is 4.92. The Hall–Kier alpha value is -0.610. The predicted molar refractivity (Wildman–Crippen MR) is 66.5 cm³/mol. The molecule has 0 bridgehead atoms. The number of methoxy groups -OCH3 is 1. The van der Waals surface area contributed by atoms with Gasteiger partial charge in [-0.25, -0.2) is 0 Å². The Labute approximate surface area is 99.3 Å². The van der Waals surface area contributed by atoms with Crippen molar-refractivity contribution < 1.29 is 9.53 Å². The van der Waals surface area contributed by atoms with Crippen LogP contribution in [0.3, 0.4) is 0 Å². The van der Waals surface area contributed by atoms with E-state index in [4.69, 9.17) is 4.74 Å². The van der Waals surface area contributed by atoms with E-state index in [-0.39, 0.29) is 5.91 Å². The highest BCUT2D eigenvalue weighted by atomic mass is 16.5. The maximum atomic E-state index is 11.8. The van der Waals surface area contributed by atoms with Crippen molar-refractivity contribution in [1.29, 1.82) is 0 Å². The average Bonchev–Trinajstić information content (AvgIpc) is 2.28. The molecular weight excluding hydrogens is 204 g/mol. The lowest BCUT2D eigenvalue weighted by Gasteiger charge is -2.21. The first-order valence-corrected chi connectivity index (χ1v) is 6.23. The first kappa shape index (κ1) is 15.4. The van der Waals surface area contributed by atoms with Gasteiger partial charge in [0.1, 0.15) is 0 Å². The molecule has 0 saturated carbocycles. The predicted octanol–water partition coefficient (Wildman–Crippen LogP) is 1.26. The van der Waals surface area contributed by atoms with E-state index < -0.39 is 0 Å². The number of rotatable bonds is 10. The van der Waals surface area contributed by atoms with E-state index in [1.807, 2.05) is 4.90 Å². The lowest BCUT2D eigenvalue weighted by Crippen LogP contribution is -2.34. The molecule has 0 atom stereocenters. The molecular formula is C12H26N2O2. The molecule has 4 nitrogen and oxygen atoms in total. The highest BCUT2D eigenvalue weighted by Gasteiger charge is 2.10. The van der Waals surface area contributed by atoms with Gasteiger partial charge < -0.3 is 15.0 Å². The molecule has 0 rings (SSSR count). The second-order valence-electron chi connectivity index (χ2n) is 3.87. The molecule has 0 aromatic rings. The van der Waals surface area contributed by atoms with Crippen LogP contribution < -0.4 is 5.32 Å². The van der Waals surface area contributed by atoms with Crippen LogP contribution in [-0.2, 0) is 9.53 Å². The molecule has 0 aliphatic carbocycles. The summed E-state index contributed by atoms with van der Waals surface area (Å²) >= 11 is 0. The summed E-state index contributed by atoms with van der Waals surface area (Å²) in [6, 6.07) is 0. The first-order valence-electron chi connectivity index (χ1n) is 6.23. The molecule has 0 spiro atoms. The molecule has 4 heteroatoms. The second-order valence-corrected chi connectivity index (χ2v) is 3.87. The normalized spacial score (nSPS) is 10.4. The monoisotopic (exact) mass is 230 g/mol. The van der Waals surface area contributed by atoms with E-state index in [9.17, 15) is 4.79 Å². The molecule has 1 N–H and O–H groups in total. The molecule has 16 heavy (non-hydrogen) atoms. The maximum Gasteiger partial charge on any atom is 0.223 e. The van der Waals surface area contributed by atoms with Crippen molar-refractivity contribution in [1.82, 2.24) is 10.2 Å². The smallest absolute Gasteiger partial charge is 0.223 e. The number of nitrogens with zero attached hydrogens (tertiary/aromatic N) is 1. The van der Waals surface area contributed by atoms with Crippen molar-refractivity contribution >= 4 is 5.91 Å². The maximum absolute atomic E-state index is 11.8. The molecule has 0 aliphatic heterocycles. The van der Waals surface area contributed by atoms with Gasteiger partial charge in [-0.15, -0.1) is 0 Å². The van der Waals surface area contributed by atoms with Crippen molar-refractivity contribution in [3.63, 3.8) is 0 Å². The van der Waals surface area contributed by atoms with Gasteiger partial charge in [-0.2, -0.15) is 0 Å². The third-order valence-electron chi connectivity index (χ3n) is 2.34. The molecule has 0 heterocycles. The van der Waals surface area contributed by atoms with Gasteiger partial charge in [-0.3, -0.25) is 4.79 Å². The van der Waals surface area contributed by atoms with E-state index >= 15 is 0 Å². The Morgan fingerprint density at radius 3 is 2.31 bits per heavy atom. The SMILES string of the molecule is CCCN(CCC)C(=O)CCNCCOC. The number of nitrogens with one attached hydrogen (secondary N) is 1. The van der Waals surface area contributed by atoms with E-state index in [2.05, 4.69) is 19.2 Å². The molecule has 0 radical (unpaired) electrons. The minimum absolute atomic E-state index is 0.258. The Balaban J connectivity index is 3.65. The molecule has 1 amide bonds. The van der Waals surface area contributed by atoms with Crippen LogP contribution in [0.1, 0.15) is 33.1 Å². The number of hydrogen-bond acceptors (Lipinski definition) is 3. The summed E-state index contributed by atoms with van der Waals surface area (Å²) in [5.74, 6) is 0.258. The minimum Gasteiger partial charge on any atom is -0.383 e. The van der Waals surface area contributed by atoms with E-state index in [0.717, 1.165) is 39.0 Å². The number of carbonyl (C=O) groups is 1. The van der Waals surface area contributed by atoms with Gasteiger partial charge >= 0.3 is 0 Å². The number of ether oxygens (including phenoxy) is 1. The fraction of sp³-hybridized carbons (Fsp3) is 0.917. The number of amides is 1. The summed E-state index contributed by atoms with van der Waals surface area (Å²) in [6.07, 6.45) is 2.65. The van der Waals surface area contributed by atoms with Crippen molar-refractivity contribution in [3.8, 4) is 0 Å². The van der Waals surface area contributed by atoms with Gasteiger partial charge in [0.25, 0.3) is 0 Å². The van der Waals surface area contributed by atoms with E-state index in [1.54, 1.807) is 7.11 Å². The molecule has 0 aromatic carbocycles. The zero-order valence-electron chi connectivity index (χ0n) is 10.9. The molecule has 0 unspecified atom stereocenters. The van der Waals surface area contributed by atoms with E-state index in [0.29, 0.717) is 13.0 Å². The van der Waals surface area contributed by atoms with Crippen LogP contribution in [0.5, 0.6) is 0 Å². The van der Waals surface area contributed by atoms with Crippen LogP contribution in [0.2, 0.25) is 0 Å². The summed E-state index contributed by atoms with van der Waals surface area (Å²) in [7, 11) is 1.68. The first-order chi connectivity index (χ1) is 7.76. The summed E-state index contributed by atoms with van der Waals surface area (Å²) in [6.45, 7) is 8.22. The third-order valence-corrected chi connectivity index (χ3v) is 2.34. The van der Waals surface area contributed by atoms with Crippen LogP contribution in [0.4, 0.5) is 0 Å². The van der Waals surface area contributed by atoms with Crippen LogP contribution in [0.15, 0.2) is 0 Å². The second kappa shape index (κ2) is 10.9. The molecule has 96 valence electrons. The zero-order chi connectivity index (χ0) is 12.2. The van der Waals surface area contributed by atoms with Crippen LogP contribution in [0, 0.1) is 0 Å². The van der Waals surface area contributed by atoms with Gasteiger partial charge in [0.2, 0.25) is 5.91 Å². The summed E-state index contributed by atoms with van der Waals surface area (Å²) in [5, 5.41) is 3.18. The van der Waals surface area contributed by atoms with E-state index in [1.165, 1.54) is 0 Å². The number of hydrogen-bond donors (Lipinski definition) is 1. The largest absolute Gasteiger partial charge is 0.383 e. The van der Waals surface area contributed by atoms with Crippen LogP contribution >= 0.6 is 0 Å². The number of carbonyl (C=O) groups excluding carboxylic acids is 1. The Morgan fingerprint density at radius 1 is 1.19 bits per heavy atom. The topological polar surface area (TPSA) is 41.6 Å². The quantitative estimate of drug-likeness (QED) is 0.575. The Kier molecular flexibility index (Phi) is 10.5. The van der Waals surface area contributed by atoms with Crippen molar-refractivity contribution in [3.05, 3.63) is 0 Å². The van der Waals surface area contributed by atoms with Gasteiger partial charge in [-0.05, 0) is 12.8 Å². The van der Waals surface area contributed by atoms with Crippen LogP contribution in [-0.4, -0.2) is 50.7 Å². The zero-order valence-corrected chi connectivity index (χ0v) is 10.9. The standard InChI is InChI=1S/C12H26N2O2/c1-4-9-14(10-5-2)12(15)6-7-13-8-11-16-3/h13H,4-11H2,1-3H3. The molecule has 0 fully saturated rings. The highest BCUT2D eigenvalue weighted by molar-refractivity contribution is 5.76. The molecule has 0 saturated heterocycles. The molecule has 0 aromatic heterocycles. The lowest BCUT2D eigenvalue weighted by atomic mass is 10.3. The van der Waals surface area contributed by atoms with Crippen molar-refractivity contribution in [2.75, 3.05) is 39.9 Å². The minimum atomic E-state index is 0.258. The van der Waals surface area contributed by atoms with Gasteiger partial charge in [0.05, 0.1) is 6.61 Å². The van der Waals surface area contributed by atoms with Crippen molar-refractivity contribution in [2.45, 2.75) is 33.1 Å². The summed E-state index contributed by atoms with van der Waals surface area (Å²) in [5.41, 5.74) is 0. The van der Waals surface area contributed by atoms with Crippen LogP contribution in [0.25, 0.3) is 0 Å². The lowest BCUT2D eigenvalue weighted by molar-refractivity contribution is -0.131. The third kappa shape index (κ3) is 7.65. The average molecular weight is 230 g/mol. The fourth-order valence-corrected chi connectivity index (χ4v) is 1.55. The Morgan fingerprint density at radius 2 is 1.81 bits per heavy atom.